The third-order valence-corrected chi connectivity index (χ3v) is 3.28. The molecule has 0 saturated heterocycles. The van der Waals surface area contributed by atoms with E-state index in [1.807, 2.05) is 37.3 Å². The van der Waals surface area contributed by atoms with Crippen molar-refractivity contribution in [3.05, 3.63) is 72.2 Å². The Labute approximate surface area is 121 Å². The summed E-state index contributed by atoms with van der Waals surface area (Å²) in [5.41, 5.74) is 3.59. The summed E-state index contributed by atoms with van der Waals surface area (Å²) in [4.78, 5) is 7.42. The van der Waals surface area contributed by atoms with Gasteiger partial charge in [0.05, 0.1) is 11.3 Å². The van der Waals surface area contributed by atoms with Crippen LogP contribution in [0.5, 0.6) is 0 Å². The normalized spacial score (nSPS) is 10.6. The largest absolute Gasteiger partial charge is 0.256 e. The van der Waals surface area contributed by atoms with E-state index in [1.54, 1.807) is 12.3 Å². The summed E-state index contributed by atoms with van der Waals surface area (Å²) in [6, 6.07) is 14.0. The molecule has 0 bridgehead atoms. The summed E-state index contributed by atoms with van der Waals surface area (Å²) in [5.74, 6) is -1.70. The van der Waals surface area contributed by atoms with E-state index >= 15 is 0 Å². The zero-order valence-corrected chi connectivity index (χ0v) is 11.3. The molecule has 0 amide bonds. The van der Waals surface area contributed by atoms with Gasteiger partial charge in [-0.2, -0.15) is 13.8 Å². The Kier molecular flexibility index (Phi) is 3.44. The molecule has 104 valence electrons. The standard InChI is InChI=1S/C17H12F2N2/c1-11-10-20-15(13-7-8-16(18)21-17(13)19)9-14(11)12-5-3-2-4-6-12/h2-10H,1H3. The highest BCUT2D eigenvalue weighted by Crippen LogP contribution is 2.28. The number of benzene rings is 1. The number of rotatable bonds is 2. The smallest absolute Gasteiger partial charge is 0.224 e. The van der Waals surface area contributed by atoms with Gasteiger partial charge in [0.15, 0.2) is 0 Å². The molecule has 2 nitrogen and oxygen atoms in total. The zero-order valence-electron chi connectivity index (χ0n) is 11.3. The Bertz CT molecular complexity index is 786. The molecule has 0 unspecified atom stereocenters. The molecule has 0 aliphatic rings. The van der Waals surface area contributed by atoms with Crippen molar-refractivity contribution in [3.63, 3.8) is 0 Å². The molecule has 0 radical (unpaired) electrons. The first-order valence-corrected chi connectivity index (χ1v) is 6.49. The summed E-state index contributed by atoms with van der Waals surface area (Å²) in [5, 5.41) is 0. The molecular formula is C17H12F2N2. The van der Waals surface area contributed by atoms with Gasteiger partial charge in [-0.05, 0) is 41.8 Å². The summed E-state index contributed by atoms with van der Waals surface area (Å²) in [6.07, 6.45) is 1.68. The van der Waals surface area contributed by atoms with Crippen LogP contribution in [0.3, 0.4) is 0 Å². The van der Waals surface area contributed by atoms with E-state index in [9.17, 15) is 8.78 Å². The SMILES string of the molecule is Cc1cnc(-c2ccc(F)nc2F)cc1-c1ccccc1. The molecule has 2 aromatic heterocycles. The maximum absolute atomic E-state index is 13.8. The van der Waals surface area contributed by atoms with Gasteiger partial charge < -0.3 is 0 Å². The maximum Gasteiger partial charge on any atom is 0.224 e. The van der Waals surface area contributed by atoms with Gasteiger partial charge >= 0.3 is 0 Å². The second-order valence-corrected chi connectivity index (χ2v) is 4.72. The van der Waals surface area contributed by atoms with Crippen LogP contribution in [0, 0.1) is 18.8 Å². The lowest BCUT2D eigenvalue weighted by Crippen LogP contribution is -1.95. The summed E-state index contributed by atoms with van der Waals surface area (Å²) in [7, 11) is 0. The first-order chi connectivity index (χ1) is 10.1. The highest BCUT2D eigenvalue weighted by Gasteiger charge is 2.11. The summed E-state index contributed by atoms with van der Waals surface area (Å²) < 4.78 is 26.7. The number of pyridine rings is 2. The first kappa shape index (κ1) is 13.4. The second-order valence-electron chi connectivity index (χ2n) is 4.72. The molecule has 3 aromatic rings. The molecule has 0 spiro atoms. The number of halogens is 2. The Morgan fingerprint density at radius 1 is 0.905 bits per heavy atom. The highest BCUT2D eigenvalue weighted by molar-refractivity contribution is 5.72. The van der Waals surface area contributed by atoms with Crippen molar-refractivity contribution in [2.45, 2.75) is 6.92 Å². The van der Waals surface area contributed by atoms with Crippen LogP contribution in [0.2, 0.25) is 0 Å². The minimum Gasteiger partial charge on any atom is -0.256 e. The zero-order chi connectivity index (χ0) is 14.8. The van der Waals surface area contributed by atoms with Crippen molar-refractivity contribution < 1.29 is 8.78 Å². The monoisotopic (exact) mass is 282 g/mol. The molecule has 4 heteroatoms. The Morgan fingerprint density at radius 2 is 1.67 bits per heavy atom. The molecule has 0 aliphatic heterocycles. The fourth-order valence-corrected chi connectivity index (χ4v) is 2.20. The molecule has 0 atom stereocenters. The van der Waals surface area contributed by atoms with Crippen LogP contribution in [-0.2, 0) is 0 Å². The first-order valence-electron chi connectivity index (χ1n) is 6.49. The fraction of sp³-hybridized carbons (Fsp3) is 0.0588. The Hall–Kier alpha value is -2.62. The molecule has 1 aromatic carbocycles. The molecule has 0 aliphatic carbocycles. The topological polar surface area (TPSA) is 25.8 Å². The predicted octanol–water partition coefficient (Wildman–Crippen LogP) is 4.40. The minimum absolute atomic E-state index is 0.189. The van der Waals surface area contributed by atoms with Crippen LogP contribution in [0.15, 0.2) is 54.7 Å². The van der Waals surface area contributed by atoms with E-state index in [-0.39, 0.29) is 5.56 Å². The lowest BCUT2D eigenvalue weighted by molar-refractivity contribution is 0.515. The number of aromatic nitrogens is 2. The molecule has 0 saturated carbocycles. The average molecular weight is 282 g/mol. The van der Waals surface area contributed by atoms with Crippen LogP contribution in [0.25, 0.3) is 22.4 Å². The summed E-state index contributed by atoms with van der Waals surface area (Å²) >= 11 is 0. The number of hydrogen-bond acceptors (Lipinski definition) is 2. The molecule has 2 heterocycles. The van der Waals surface area contributed by atoms with Crippen LogP contribution in [0.1, 0.15) is 5.56 Å². The quantitative estimate of drug-likeness (QED) is 0.651. The number of nitrogens with zero attached hydrogens (tertiary/aromatic N) is 2. The molecule has 0 N–H and O–H groups in total. The van der Waals surface area contributed by atoms with Crippen molar-refractivity contribution in [3.8, 4) is 22.4 Å². The third kappa shape index (κ3) is 2.65. The number of hydrogen-bond donors (Lipinski definition) is 0. The average Bonchev–Trinajstić information content (AvgIpc) is 2.49. The molecule has 3 rings (SSSR count). The van der Waals surface area contributed by atoms with Gasteiger partial charge in [-0.1, -0.05) is 30.3 Å². The van der Waals surface area contributed by atoms with Gasteiger partial charge in [0.1, 0.15) is 0 Å². The van der Waals surface area contributed by atoms with Gasteiger partial charge in [0, 0.05) is 6.20 Å². The van der Waals surface area contributed by atoms with E-state index in [0.717, 1.165) is 22.8 Å². The second kappa shape index (κ2) is 5.40. The predicted molar refractivity (Wildman–Crippen MR) is 77.6 cm³/mol. The molecule has 0 fully saturated rings. The van der Waals surface area contributed by atoms with Crippen LogP contribution in [-0.4, -0.2) is 9.97 Å². The minimum atomic E-state index is -0.856. The van der Waals surface area contributed by atoms with Gasteiger partial charge in [-0.3, -0.25) is 4.98 Å². The van der Waals surface area contributed by atoms with Crippen molar-refractivity contribution in [2.24, 2.45) is 0 Å². The fourth-order valence-electron chi connectivity index (χ4n) is 2.20. The molecule has 21 heavy (non-hydrogen) atoms. The van der Waals surface area contributed by atoms with E-state index < -0.39 is 11.9 Å². The van der Waals surface area contributed by atoms with Gasteiger partial charge in [0.2, 0.25) is 11.9 Å². The molecular weight excluding hydrogens is 270 g/mol. The van der Waals surface area contributed by atoms with Gasteiger partial charge in [0.25, 0.3) is 0 Å². The van der Waals surface area contributed by atoms with Gasteiger partial charge in [-0.25, -0.2) is 0 Å². The van der Waals surface area contributed by atoms with Crippen LogP contribution in [0.4, 0.5) is 8.78 Å². The van der Waals surface area contributed by atoms with Crippen molar-refractivity contribution in [1.29, 1.82) is 0 Å². The Balaban J connectivity index is 2.14. The maximum atomic E-state index is 13.8. The van der Waals surface area contributed by atoms with E-state index in [0.29, 0.717) is 5.69 Å². The van der Waals surface area contributed by atoms with E-state index in [1.165, 1.54) is 6.07 Å². The van der Waals surface area contributed by atoms with E-state index in [4.69, 9.17) is 0 Å². The summed E-state index contributed by atoms with van der Waals surface area (Å²) in [6.45, 7) is 1.94. The lowest BCUT2D eigenvalue weighted by Gasteiger charge is -2.09. The highest BCUT2D eigenvalue weighted by atomic mass is 19.1. The van der Waals surface area contributed by atoms with Crippen LogP contribution < -0.4 is 0 Å². The van der Waals surface area contributed by atoms with E-state index in [2.05, 4.69) is 9.97 Å². The number of aryl methyl sites for hydroxylation is 1. The van der Waals surface area contributed by atoms with Crippen molar-refractivity contribution >= 4 is 0 Å². The lowest BCUT2D eigenvalue weighted by atomic mass is 10.00. The Morgan fingerprint density at radius 3 is 2.38 bits per heavy atom. The van der Waals surface area contributed by atoms with Crippen molar-refractivity contribution in [2.75, 3.05) is 0 Å². The van der Waals surface area contributed by atoms with Crippen LogP contribution >= 0.6 is 0 Å². The van der Waals surface area contributed by atoms with Gasteiger partial charge in [-0.15, -0.1) is 0 Å². The third-order valence-electron chi connectivity index (χ3n) is 3.28. The van der Waals surface area contributed by atoms with Crippen molar-refractivity contribution in [1.82, 2.24) is 9.97 Å².